The third kappa shape index (κ3) is 4.06. The maximum atomic E-state index is 12.4. The summed E-state index contributed by atoms with van der Waals surface area (Å²) in [5.41, 5.74) is -0.894. The zero-order valence-corrected chi connectivity index (χ0v) is 14.0. The molecule has 0 amide bonds. The largest absolute Gasteiger partial charge is 0.480 e. The van der Waals surface area contributed by atoms with E-state index in [1.54, 1.807) is 0 Å². The zero-order chi connectivity index (χ0) is 18.7. The normalized spacial score (nSPS) is 11.3. The van der Waals surface area contributed by atoms with E-state index in [0.717, 1.165) is 19.2 Å². The number of nitro benzene ring substituents is 1. The van der Waals surface area contributed by atoms with Crippen molar-refractivity contribution in [2.45, 2.75) is 18.7 Å². The van der Waals surface area contributed by atoms with Gasteiger partial charge in [0.2, 0.25) is 10.0 Å². The Balaban J connectivity index is 3.57. The zero-order valence-electron chi connectivity index (χ0n) is 13.2. The van der Waals surface area contributed by atoms with Crippen LogP contribution >= 0.6 is 0 Å². The molecule has 0 saturated heterocycles. The number of carboxylic acids is 1. The Hall–Kier alpha value is -2.53. The van der Waals surface area contributed by atoms with Crippen LogP contribution in [0.1, 0.15) is 22.8 Å². The Bertz CT molecular complexity index is 787. The minimum absolute atomic E-state index is 0.00195. The van der Waals surface area contributed by atoms with E-state index in [1.807, 2.05) is 0 Å². The molecule has 0 radical (unpaired) electrons. The molecule has 1 rings (SSSR count). The van der Waals surface area contributed by atoms with Crippen molar-refractivity contribution in [1.82, 2.24) is 4.31 Å². The number of carboxylic acid groups (broad SMARTS) is 1. The van der Waals surface area contributed by atoms with E-state index in [2.05, 4.69) is 0 Å². The summed E-state index contributed by atoms with van der Waals surface area (Å²) in [5, 5.41) is 19.8. The van der Waals surface area contributed by atoms with Gasteiger partial charge in [-0.05, 0) is 19.9 Å². The molecule has 0 saturated carbocycles. The van der Waals surface area contributed by atoms with E-state index in [1.165, 1.54) is 13.8 Å². The first-order valence-electron chi connectivity index (χ1n) is 6.66. The second-order valence-corrected chi connectivity index (χ2v) is 6.79. The molecular weight excluding hydrogens is 344 g/mol. The summed E-state index contributed by atoms with van der Waals surface area (Å²) in [4.78, 5) is 32.4. The number of ether oxygens (including phenoxy) is 1. The quantitative estimate of drug-likeness (QED) is 0.427. The van der Waals surface area contributed by atoms with Crippen LogP contribution in [-0.2, 0) is 19.6 Å². The van der Waals surface area contributed by atoms with Gasteiger partial charge in [0.05, 0.1) is 22.0 Å². The van der Waals surface area contributed by atoms with E-state index in [4.69, 9.17) is 9.84 Å². The van der Waals surface area contributed by atoms with Gasteiger partial charge in [-0.2, -0.15) is 4.31 Å². The molecule has 1 aromatic rings. The van der Waals surface area contributed by atoms with Crippen LogP contribution in [0.4, 0.5) is 5.69 Å². The Labute approximate surface area is 137 Å². The first-order chi connectivity index (χ1) is 11.0. The third-order valence-electron chi connectivity index (χ3n) is 3.11. The summed E-state index contributed by atoms with van der Waals surface area (Å²) in [7, 11) is -3.32. The van der Waals surface area contributed by atoms with Gasteiger partial charge in [-0.25, -0.2) is 13.2 Å². The number of esters is 1. The minimum atomic E-state index is -4.34. The number of likely N-dealkylation sites (N-methyl/N-ethyl adjacent to an activating group) is 1. The number of carbonyl (C=O) groups is 2. The number of aliphatic carboxylic acids is 1. The first kappa shape index (κ1) is 19.5. The molecule has 0 aliphatic heterocycles. The highest BCUT2D eigenvalue weighted by Gasteiger charge is 2.29. The monoisotopic (exact) mass is 360 g/mol. The summed E-state index contributed by atoms with van der Waals surface area (Å²) in [5.74, 6) is -2.30. The maximum absolute atomic E-state index is 12.4. The van der Waals surface area contributed by atoms with Gasteiger partial charge in [0.25, 0.3) is 5.69 Å². The number of benzene rings is 1. The van der Waals surface area contributed by atoms with Gasteiger partial charge in [0.15, 0.2) is 0 Å². The van der Waals surface area contributed by atoms with Crippen LogP contribution in [0, 0.1) is 17.0 Å². The lowest BCUT2D eigenvalue weighted by Gasteiger charge is -2.16. The number of hydrogen-bond donors (Lipinski definition) is 1. The summed E-state index contributed by atoms with van der Waals surface area (Å²) < 4.78 is 30.0. The van der Waals surface area contributed by atoms with Gasteiger partial charge in [0, 0.05) is 18.7 Å². The Morgan fingerprint density at radius 1 is 1.38 bits per heavy atom. The van der Waals surface area contributed by atoms with E-state index in [0.29, 0.717) is 4.31 Å². The predicted molar refractivity (Wildman–Crippen MR) is 81.2 cm³/mol. The van der Waals surface area contributed by atoms with Crippen molar-refractivity contribution >= 4 is 27.6 Å². The molecule has 24 heavy (non-hydrogen) atoms. The van der Waals surface area contributed by atoms with Crippen molar-refractivity contribution in [2.75, 3.05) is 20.2 Å². The minimum Gasteiger partial charge on any atom is -0.480 e. The van der Waals surface area contributed by atoms with Crippen molar-refractivity contribution in [3.05, 3.63) is 33.4 Å². The summed E-state index contributed by atoms with van der Waals surface area (Å²) in [6.07, 6.45) is 0. The SMILES string of the molecule is CCOC(=O)c1cc(S(=O)(=O)N(C)CC(=O)O)cc([N+](=O)[O-])c1C. The molecule has 0 aromatic heterocycles. The third-order valence-corrected chi connectivity index (χ3v) is 4.89. The lowest BCUT2D eigenvalue weighted by Crippen LogP contribution is -2.32. The standard InChI is InChI=1S/C13H16N2O8S/c1-4-23-13(18)10-5-9(6-11(8(10)2)15(19)20)24(21,22)14(3)7-12(16)17/h5-6H,4,7H2,1-3H3,(H,16,17). The molecule has 0 aliphatic carbocycles. The smallest absolute Gasteiger partial charge is 0.338 e. The van der Waals surface area contributed by atoms with Gasteiger partial charge >= 0.3 is 11.9 Å². The molecule has 0 unspecified atom stereocenters. The Morgan fingerprint density at radius 2 is 1.96 bits per heavy atom. The van der Waals surface area contributed by atoms with Crippen molar-refractivity contribution in [1.29, 1.82) is 0 Å². The molecule has 0 aliphatic rings. The number of nitrogens with zero attached hydrogens (tertiary/aromatic N) is 2. The van der Waals surface area contributed by atoms with Crippen LogP contribution < -0.4 is 0 Å². The number of nitro groups is 1. The van der Waals surface area contributed by atoms with Crippen molar-refractivity contribution in [2.24, 2.45) is 0 Å². The second kappa shape index (κ2) is 7.36. The lowest BCUT2D eigenvalue weighted by atomic mass is 10.1. The highest BCUT2D eigenvalue weighted by Crippen LogP contribution is 2.28. The van der Waals surface area contributed by atoms with E-state index >= 15 is 0 Å². The average Bonchev–Trinajstić information content (AvgIpc) is 2.46. The van der Waals surface area contributed by atoms with Gasteiger partial charge in [-0.1, -0.05) is 0 Å². The molecule has 1 N–H and O–H groups in total. The predicted octanol–water partition coefficient (Wildman–Crippen LogP) is 0.785. The summed E-state index contributed by atoms with van der Waals surface area (Å²) >= 11 is 0. The fourth-order valence-electron chi connectivity index (χ4n) is 1.89. The topological polar surface area (TPSA) is 144 Å². The van der Waals surface area contributed by atoms with Crippen LogP contribution in [0.2, 0.25) is 0 Å². The number of carbonyl (C=O) groups excluding carboxylic acids is 1. The van der Waals surface area contributed by atoms with Crippen molar-refractivity contribution in [3.8, 4) is 0 Å². The number of hydrogen-bond acceptors (Lipinski definition) is 7. The Kier molecular flexibility index (Phi) is 5.99. The molecule has 0 spiro atoms. The van der Waals surface area contributed by atoms with Gasteiger partial charge in [0.1, 0.15) is 6.54 Å². The lowest BCUT2D eigenvalue weighted by molar-refractivity contribution is -0.385. The molecule has 0 atom stereocenters. The molecule has 1 aromatic carbocycles. The molecule has 132 valence electrons. The molecular formula is C13H16N2O8S. The van der Waals surface area contributed by atoms with Crippen LogP contribution in [0.5, 0.6) is 0 Å². The fraction of sp³-hybridized carbons (Fsp3) is 0.385. The van der Waals surface area contributed by atoms with Gasteiger partial charge in [-0.15, -0.1) is 0 Å². The van der Waals surface area contributed by atoms with Crippen molar-refractivity contribution < 1.29 is 32.8 Å². The first-order valence-corrected chi connectivity index (χ1v) is 8.10. The molecule has 0 fully saturated rings. The highest BCUT2D eigenvalue weighted by atomic mass is 32.2. The van der Waals surface area contributed by atoms with E-state index < -0.39 is 44.0 Å². The average molecular weight is 360 g/mol. The molecule has 11 heteroatoms. The second-order valence-electron chi connectivity index (χ2n) is 4.75. The molecule has 0 bridgehead atoms. The molecule has 0 heterocycles. The van der Waals surface area contributed by atoms with Crippen LogP contribution in [0.15, 0.2) is 17.0 Å². The van der Waals surface area contributed by atoms with E-state index in [9.17, 15) is 28.1 Å². The fourth-order valence-corrected chi connectivity index (χ4v) is 3.06. The highest BCUT2D eigenvalue weighted by molar-refractivity contribution is 7.89. The summed E-state index contributed by atoms with van der Waals surface area (Å²) in [6.45, 7) is 1.99. The van der Waals surface area contributed by atoms with Gasteiger partial charge in [-0.3, -0.25) is 14.9 Å². The van der Waals surface area contributed by atoms with Crippen molar-refractivity contribution in [3.63, 3.8) is 0 Å². The van der Waals surface area contributed by atoms with Crippen LogP contribution in [0.3, 0.4) is 0 Å². The van der Waals surface area contributed by atoms with E-state index in [-0.39, 0.29) is 17.7 Å². The Morgan fingerprint density at radius 3 is 2.42 bits per heavy atom. The van der Waals surface area contributed by atoms with Crippen LogP contribution in [0.25, 0.3) is 0 Å². The van der Waals surface area contributed by atoms with Crippen LogP contribution in [-0.4, -0.2) is 54.9 Å². The summed E-state index contributed by atoms with van der Waals surface area (Å²) in [6, 6.07) is 1.72. The molecule has 10 nitrogen and oxygen atoms in total. The maximum Gasteiger partial charge on any atom is 0.338 e. The number of rotatable bonds is 7. The number of sulfonamides is 1. The van der Waals surface area contributed by atoms with Gasteiger partial charge < -0.3 is 9.84 Å².